The van der Waals surface area contributed by atoms with Gasteiger partial charge in [0.1, 0.15) is 0 Å². The number of aryl methyl sites for hydroxylation is 1. The van der Waals surface area contributed by atoms with Crippen molar-refractivity contribution in [2.45, 2.75) is 40.2 Å². The highest BCUT2D eigenvalue weighted by Gasteiger charge is 2.35. The Balaban J connectivity index is 1.94. The summed E-state index contributed by atoms with van der Waals surface area (Å²) < 4.78 is 7.66. The van der Waals surface area contributed by atoms with Crippen LogP contribution in [0.3, 0.4) is 0 Å². The van der Waals surface area contributed by atoms with Crippen molar-refractivity contribution in [2.24, 2.45) is 11.3 Å². The summed E-state index contributed by atoms with van der Waals surface area (Å²) in [6, 6.07) is 0. The lowest BCUT2D eigenvalue weighted by Crippen LogP contribution is -2.38. The molecule has 0 bridgehead atoms. The van der Waals surface area contributed by atoms with Crippen LogP contribution < -0.4 is 5.32 Å². The van der Waals surface area contributed by atoms with Gasteiger partial charge in [0.25, 0.3) is 0 Å². The Morgan fingerprint density at radius 1 is 1.53 bits per heavy atom. The highest BCUT2D eigenvalue weighted by molar-refractivity contribution is 5.09. The summed E-state index contributed by atoms with van der Waals surface area (Å²) in [5, 5.41) is 7.97. The Kier molecular flexibility index (Phi) is 4.99. The molecule has 1 fully saturated rings. The predicted octanol–water partition coefficient (Wildman–Crippen LogP) is 2.10. The molecule has 0 amide bonds. The molecule has 4 nitrogen and oxygen atoms in total. The van der Waals surface area contributed by atoms with Gasteiger partial charge in [0, 0.05) is 31.3 Å². The highest BCUT2D eigenvalue weighted by Crippen LogP contribution is 2.32. The molecule has 0 saturated carbocycles. The Morgan fingerprint density at radius 3 is 2.95 bits per heavy atom. The molecule has 1 aliphatic rings. The quantitative estimate of drug-likeness (QED) is 0.820. The SMILES string of the molecule is CCn1cc(CC2(CNCC(C)C)CCOC2)cn1. The van der Waals surface area contributed by atoms with Crippen molar-refractivity contribution in [3.63, 3.8) is 0 Å². The molecule has 0 radical (unpaired) electrons. The topological polar surface area (TPSA) is 39.1 Å². The van der Waals surface area contributed by atoms with E-state index in [0.717, 1.165) is 45.7 Å². The predicted molar refractivity (Wildman–Crippen MR) is 77.2 cm³/mol. The van der Waals surface area contributed by atoms with Gasteiger partial charge < -0.3 is 10.1 Å². The second-order valence-corrected chi connectivity index (χ2v) is 6.21. The maximum atomic E-state index is 5.66. The molecule has 0 spiro atoms. The van der Waals surface area contributed by atoms with E-state index in [1.54, 1.807) is 0 Å². The van der Waals surface area contributed by atoms with Crippen LogP contribution in [0, 0.1) is 11.3 Å². The minimum Gasteiger partial charge on any atom is -0.381 e. The van der Waals surface area contributed by atoms with E-state index in [9.17, 15) is 0 Å². The maximum absolute atomic E-state index is 5.66. The van der Waals surface area contributed by atoms with E-state index in [0.29, 0.717) is 5.92 Å². The molecule has 1 unspecified atom stereocenters. The Bertz CT molecular complexity index is 380. The van der Waals surface area contributed by atoms with E-state index >= 15 is 0 Å². The molecule has 1 saturated heterocycles. The second kappa shape index (κ2) is 6.53. The molecular weight excluding hydrogens is 238 g/mol. The van der Waals surface area contributed by atoms with Crippen molar-refractivity contribution in [3.8, 4) is 0 Å². The molecule has 108 valence electrons. The summed E-state index contributed by atoms with van der Waals surface area (Å²) in [4.78, 5) is 0. The van der Waals surface area contributed by atoms with E-state index in [1.807, 2.05) is 10.9 Å². The fourth-order valence-corrected chi connectivity index (χ4v) is 2.72. The Labute approximate surface area is 116 Å². The average molecular weight is 265 g/mol. The van der Waals surface area contributed by atoms with Gasteiger partial charge in [-0.15, -0.1) is 0 Å². The first kappa shape index (κ1) is 14.5. The first-order chi connectivity index (χ1) is 9.13. The van der Waals surface area contributed by atoms with Crippen molar-refractivity contribution in [1.82, 2.24) is 15.1 Å². The third kappa shape index (κ3) is 4.05. The van der Waals surface area contributed by atoms with E-state index in [1.165, 1.54) is 5.56 Å². The van der Waals surface area contributed by atoms with Crippen LogP contribution in [0.5, 0.6) is 0 Å². The summed E-state index contributed by atoms with van der Waals surface area (Å²) in [5.41, 5.74) is 1.59. The first-order valence-electron chi connectivity index (χ1n) is 7.43. The van der Waals surface area contributed by atoms with Crippen LogP contribution in [-0.2, 0) is 17.7 Å². The fourth-order valence-electron chi connectivity index (χ4n) is 2.72. The van der Waals surface area contributed by atoms with E-state index in [2.05, 4.69) is 37.4 Å². The normalized spacial score (nSPS) is 23.4. The lowest BCUT2D eigenvalue weighted by Gasteiger charge is -2.27. The van der Waals surface area contributed by atoms with E-state index < -0.39 is 0 Å². The number of hydrogen-bond donors (Lipinski definition) is 1. The number of hydrogen-bond acceptors (Lipinski definition) is 3. The molecule has 1 aromatic heterocycles. The van der Waals surface area contributed by atoms with Crippen LogP contribution in [0.2, 0.25) is 0 Å². The zero-order chi connectivity index (χ0) is 13.7. The number of rotatable bonds is 7. The van der Waals surface area contributed by atoms with Crippen molar-refractivity contribution in [3.05, 3.63) is 18.0 Å². The summed E-state index contributed by atoms with van der Waals surface area (Å²) >= 11 is 0. The van der Waals surface area contributed by atoms with Gasteiger partial charge >= 0.3 is 0 Å². The summed E-state index contributed by atoms with van der Waals surface area (Å²) in [5.74, 6) is 0.696. The monoisotopic (exact) mass is 265 g/mol. The third-order valence-electron chi connectivity index (χ3n) is 3.83. The highest BCUT2D eigenvalue weighted by atomic mass is 16.5. The Hall–Kier alpha value is -0.870. The second-order valence-electron chi connectivity index (χ2n) is 6.21. The van der Waals surface area contributed by atoms with Crippen LogP contribution in [0.4, 0.5) is 0 Å². The molecular formula is C15H27N3O. The molecule has 1 aromatic rings. The van der Waals surface area contributed by atoms with Crippen molar-refractivity contribution >= 4 is 0 Å². The average Bonchev–Trinajstić information content (AvgIpc) is 2.99. The van der Waals surface area contributed by atoms with Gasteiger partial charge in [-0.1, -0.05) is 13.8 Å². The molecule has 1 atom stereocenters. The first-order valence-corrected chi connectivity index (χ1v) is 7.43. The van der Waals surface area contributed by atoms with Gasteiger partial charge in [-0.2, -0.15) is 5.10 Å². The molecule has 2 heterocycles. The van der Waals surface area contributed by atoms with E-state index in [4.69, 9.17) is 4.74 Å². The Morgan fingerprint density at radius 2 is 2.37 bits per heavy atom. The number of nitrogens with zero attached hydrogens (tertiary/aromatic N) is 2. The van der Waals surface area contributed by atoms with Gasteiger partial charge in [-0.05, 0) is 37.8 Å². The largest absolute Gasteiger partial charge is 0.381 e. The van der Waals surface area contributed by atoms with Gasteiger partial charge in [0.2, 0.25) is 0 Å². The van der Waals surface area contributed by atoms with Crippen LogP contribution in [-0.4, -0.2) is 36.1 Å². The lowest BCUT2D eigenvalue weighted by atomic mass is 9.81. The number of nitrogens with one attached hydrogen (secondary N) is 1. The molecule has 1 aliphatic heterocycles. The molecule has 0 aromatic carbocycles. The van der Waals surface area contributed by atoms with Crippen LogP contribution in [0.25, 0.3) is 0 Å². The van der Waals surface area contributed by atoms with Gasteiger partial charge in [-0.3, -0.25) is 4.68 Å². The van der Waals surface area contributed by atoms with Crippen molar-refractivity contribution < 1.29 is 4.74 Å². The van der Waals surface area contributed by atoms with Crippen LogP contribution in [0.15, 0.2) is 12.4 Å². The van der Waals surface area contributed by atoms with Gasteiger partial charge in [-0.25, -0.2) is 0 Å². The zero-order valence-electron chi connectivity index (χ0n) is 12.5. The molecule has 4 heteroatoms. The summed E-state index contributed by atoms with van der Waals surface area (Å²) in [6.45, 7) is 11.4. The maximum Gasteiger partial charge on any atom is 0.0538 e. The van der Waals surface area contributed by atoms with Gasteiger partial charge in [0.05, 0.1) is 12.8 Å². The van der Waals surface area contributed by atoms with E-state index in [-0.39, 0.29) is 5.41 Å². The summed E-state index contributed by atoms with van der Waals surface area (Å²) in [6.07, 6.45) is 6.39. The number of aromatic nitrogens is 2. The number of ether oxygens (including phenoxy) is 1. The molecule has 1 N–H and O–H groups in total. The minimum absolute atomic E-state index is 0.260. The smallest absolute Gasteiger partial charge is 0.0538 e. The minimum atomic E-state index is 0.260. The lowest BCUT2D eigenvalue weighted by molar-refractivity contribution is 0.148. The van der Waals surface area contributed by atoms with Crippen molar-refractivity contribution in [1.29, 1.82) is 0 Å². The van der Waals surface area contributed by atoms with Gasteiger partial charge in [0.15, 0.2) is 0 Å². The zero-order valence-corrected chi connectivity index (χ0v) is 12.5. The molecule has 19 heavy (non-hydrogen) atoms. The summed E-state index contributed by atoms with van der Waals surface area (Å²) in [7, 11) is 0. The molecule has 0 aliphatic carbocycles. The van der Waals surface area contributed by atoms with Crippen LogP contribution in [0.1, 0.15) is 32.8 Å². The fraction of sp³-hybridized carbons (Fsp3) is 0.800. The third-order valence-corrected chi connectivity index (χ3v) is 3.83. The standard InChI is InChI=1S/C15H27N3O/c1-4-18-10-14(9-17-18)7-15(5-6-19-12-15)11-16-8-13(2)3/h9-10,13,16H,4-8,11-12H2,1-3H3. The van der Waals surface area contributed by atoms with Crippen molar-refractivity contribution in [2.75, 3.05) is 26.3 Å². The van der Waals surface area contributed by atoms with Crippen LogP contribution >= 0.6 is 0 Å². The molecule has 2 rings (SSSR count).